The number of hydrogen-bond donors (Lipinski definition) is 1. The second-order valence-electron chi connectivity index (χ2n) is 10.1. The van der Waals surface area contributed by atoms with E-state index < -0.39 is 28.5 Å². The van der Waals surface area contributed by atoms with Gasteiger partial charge in [-0.2, -0.15) is 0 Å². The number of nitrogens with one attached hydrogen (secondary N) is 1. The van der Waals surface area contributed by atoms with Gasteiger partial charge in [0.1, 0.15) is 18.3 Å². The summed E-state index contributed by atoms with van der Waals surface area (Å²) in [5.74, 6) is 0.259. The minimum atomic E-state index is -4.33. The molecule has 12 heteroatoms. The summed E-state index contributed by atoms with van der Waals surface area (Å²) in [5, 5.41) is 3.36. The van der Waals surface area contributed by atoms with Crippen LogP contribution in [0.5, 0.6) is 17.2 Å². The van der Waals surface area contributed by atoms with Gasteiger partial charge in [0.15, 0.2) is 11.5 Å². The molecule has 0 bridgehead atoms. The minimum Gasteiger partial charge on any atom is -0.497 e. The molecule has 0 aliphatic rings. The molecule has 0 aromatic heterocycles. The van der Waals surface area contributed by atoms with Gasteiger partial charge in [0.05, 0.1) is 31.9 Å². The lowest BCUT2D eigenvalue weighted by atomic mass is 10.1. The molecule has 44 heavy (non-hydrogen) atoms. The van der Waals surface area contributed by atoms with Crippen LogP contribution in [-0.4, -0.2) is 65.1 Å². The van der Waals surface area contributed by atoms with Crippen molar-refractivity contribution in [3.63, 3.8) is 0 Å². The molecule has 0 fully saturated rings. The van der Waals surface area contributed by atoms with Gasteiger partial charge in [-0.05, 0) is 73.9 Å². The summed E-state index contributed by atoms with van der Waals surface area (Å²) < 4.78 is 45.3. The van der Waals surface area contributed by atoms with Crippen LogP contribution in [0.2, 0.25) is 5.02 Å². The van der Waals surface area contributed by atoms with Gasteiger partial charge in [-0.1, -0.05) is 37.6 Å². The van der Waals surface area contributed by atoms with E-state index in [1.54, 1.807) is 37.4 Å². The monoisotopic (exact) mass is 645 g/mol. The van der Waals surface area contributed by atoms with Crippen molar-refractivity contribution in [1.29, 1.82) is 0 Å². The highest BCUT2D eigenvalue weighted by atomic mass is 35.5. The van der Waals surface area contributed by atoms with Gasteiger partial charge in [0.25, 0.3) is 10.0 Å². The number of ether oxygens (including phenoxy) is 3. The van der Waals surface area contributed by atoms with E-state index in [0.29, 0.717) is 34.9 Å². The van der Waals surface area contributed by atoms with E-state index in [-0.39, 0.29) is 34.8 Å². The largest absolute Gasteiger partial charge is 0.497 e. The Bertz CT molecular complexity index is 1530. The Morgan fingerprint density at radius 2 is 1.57 bits per heavy atom. The lowest BCUT2D eigenvalue weighted by molar-refractivity contribution is -0.140. The molecule has 3 rings (SSSR count). The molecule has 0 aliphatic carbocycles. The number of benzene rings is 3. The van der Waals surface area contributed by atoms with Crippen molar-refractivity contribution in [3.8, 4) is 17.2 Å². The number of hydrogen-bond acceptors (Lipinski definition) is 7. The molecule has 0 radical (unpaired) electrons. The summed E-state index contributed by atoms with van der Waals surface area (Å²) in [6, 6.07) is 16.5. The third kappa shape index (κ3) is 8.35. The van der Waals surface area contributed by atoms with Crippen molar-refractivity contribution in [2.75, 3.05) is 32.2 Å². The van der Waals surface area contributed by atoms with Crippen LogP contribution in [0.1, 0.15) is 39.2 Å². The molecule has 10 nitrogen and oxygen atoms in total. The first-order valence-electron chi connectivity index (χ1n) is 14.2. The molecule has 0 saturated carbocycles. The van der Waals surface area contributed by atoms with E-state index in [4.69, 9.17) is 25.8 Å². The van der Waals surface area contributed by atoms with Crippen LogP contribution in [0, 0.1) is 0 Å². The third-order valence-electron chi connectivity index (χ3n) is 7.21. The van der Waals surface area contributed by atoms with E-state index in [1.807, 2.05) is 26.8 Å². The molecule has 0 aliphatic heterocycles. The summed E-state index contributed by atoms with van der Waals surface area (Å²) in [7, 11) is 0.0664. The SMILES string of the molecule is CC[C@H](C(=O)N[C@@H](C)CC)N(Cc1cccc(OC)c1)C(=O)CN(c1ccc(Cl)cc1)S(=O)(=O)c1ccc(OC)c(OC)c1. The normalized spacial score (nSPS) is 12.5. The Labute approximate surface area is 264 Å². The fourth-order valence-electron chi connectivity index (χ4n) is 4.57. The molecular weight excluding hydrogens is 606 g/mol. The Balaban J connectivity index is 2.10. The van der Waals surface area contributed by atoms with E-state index in [2.05, 4.69) is 5.32 Å². The quantitative estimate of drug-likeness (QED) is 0.239. The Morgan fingerprint density at radius 1 is 0.886 bits per heavy atom. The Hall–Kier alpha value is -3.96. The summed E-state index contributed by atoms with van der Waals surface area (Å²) in [5.41, 5.74) is 0.934. The number of amides is 2. The summed E-state index contributed by atoms with van der Waals surface area (Å²) in [4.78, 5) is 29.0. The van der Waals surface area contributed by atoms with Gasteiger partial charge >= 0.3 is 0 Å². The lowest BCUT2D eigenvalue weighted by Crippen LogP contribution is -2.53. The second-order valence-corrected chi connectivity index (χ2v) is 12.4. The number of halogens is 1. The van der Waals surface area contributed by atoms with Crippen LogP contribution in [0.4, 0.5) is 5.69 Å². The third-order valence-corrected chi connectivity index (χ3v) is 9.23. The molecule has 3 aromatic rings. The summed E-state index contributed by atoms with van der Waals surface area (Å²) >= 11 is 6.11. The number of carbonyl (C=O) groups excluding carboxylic acids is 2. The minimum absolute atomic E-state index is 0.0489. The van der Waals surface area contributed by atoms with Crippen molar-refractivity contribution >= 4 is 39.1 Å². The highest BCUT2D eigenvalue weighted by molar-refractivity contribution is 7.92. The molecule has 0 heterocycles. The first kappa shape index (κ1) is 34.5. The van der Waals surface area contributed by atoms with Crippen LogP contribution in [0.25, 0.3) is 0 Å². The summed E-state index contributed by atoms with van der Waals surface area (Å²) in [6.45, 7) is 5.11. The molecule has 2 amide bonds. The maximum atomic E-state index is 14.3. The zero-order chi connectivity index (χ0) is 32.4. The van der Waals surface area contributed by atoms with E-state index in [1.165, 1.54) is 49.5 Å². The smallest absolute Gasteiger partial charge is 0.264 e. The van der Waals surface area contributed by atoms with Crippen LogP contribution < -0.4 is 23.8 Å². The zero-order valence-corrected chi connectivity index (χ0v) is 27.4. The second kappa shape index (κ2) is 15.7. The van der Waals surface area contributed by atoms with Gasteiger partial charge in [0, 0.05) is 23.7 Å². The molecule has 0 unspecified atom stereocenters. The Kier molecular flexibility index (Phi) is 12.3. The molecule has 2 atom stereocenters. The van der Waals surface area contributed by atoms with Gasteiger partial charge in [-0.3, -0.25) is 13.9 Å². The van der Waals surface area contributed by atoms with Crippen LogP contribution in [0.15, 0.2) is 71.6 Å². The molecule has 3 aromatic carbocycles. The van der Waals surface area contributed by atoms with Gasteiger partial charge < -0.3 is 24.4 Å². The number of nitrogens with zero attached hydrogens (tertiary/aromatic N) is 2. The van der Waals surface area contributed by atoms with Gasteiger partial charge in [-0.15, -0.1) is 0 Å². The lowest BCUT2D eigenvalue weighted by Gasteiger charge is -2.33. The maximum absolute atomic E-state index is 14.3. The average Bonchev–Trinajstić information content (AvgIpc) is 3.03. The number of anilines is 1. The topological polar surface area (TPSA) is 114 Å². The predicted octanol–water partition coefficient (Wildman–Crippen LogP) is 5.28. The average molecular weight is 646 g/mol. The fraction of sp³-hybridized carbons (Fsp3) is 0.375. The number of rotatable bonds is 15. The molecule has 0 saturated heterocycles. The highest BCUT2D eigenvalue weighted by Crippen LogP contribution is 2.33. The van der Waals surface area contributed by atoms with Crippen LogP contribution >= 0.6 is 11.6 Å². The van der Waals surface area contributed by atoms with Crippen molar-refractivity contribution in [1.82, 2.24) is 10.2 Å². The molecular formula is C32H40ClN3O7S. The van der Waals surface area contributed by atoms with Crippen LogP contribution in [0.3, 0.4) is 0 Å². The van der Waals surface area contributed by atoms with Crippen molar-refractivity contribution in [2.24, 2.45) is 0 Å². The van der Waals surface area contributed by atoms with Crippen molar-refractivity contribution < 1.29 is 32.2 Å². The maximum Gasteiger partial charge on any atom is 0.264 e. The first-order chi connectivity index (χ1) is 21.0. The zero-order valence-electron chi connectivity index (χ0n) is 25.9. The molecule has 0 spiro atoms. The Morgan fingerprint density at radius 3 is 2.16 bits per heavy atom. The van der Waals surface area contributed by atoms with E-state index >= 15 is 0 Å². The standard InChI is InChI=1S/C32H40ClN3O7S/c1-7-22(3)34-32(38)28(8-2)35(20-23-10-9-11-26(18-23)41-4)31(37)21-36(25-14-12-24(33)13-15-25)44(39,40)27-16-17-29(42-5)30(19-27)43-6/h9-19,22,28H,7-8,20-21H2,1-6H3,(H,34,38)/t22-,28+/m0/s1. The molecule has 238 valence electrons. The van der Waals surface area contributed by atoms with Crippen molar-refractivity contribution in [3.05, 3.63) is 77.3 Å². The van der Waals surface area contributed by atoms with Gasteiger partial charge in [-0.25, -0.2) is 8.42 Å². The highest BCUT2D eigenvalue weighted by Gasteiger charge is 2.34. The van der Waals surface area contributed by atoms with Crippen molar-refractivity contribution in [2.45, 2.75) is 57.1 Å². The van der Waals surface area contributed by atoms with E-state index in [0.717, 1.165) is 4.31 Å². The fourth-order valence-corrected chi connectivity index (χ4v) is 6.12. The van der Waals surface area contributed by atoms with Crippen LogP contribution in [-0.2, 0) is 26.2 Å². The predicted molar refractivity (Wildman–Crippen MR) is 171 cm³/mol. The first-order valence-corrected chi connectivity index (χ1v) is 16.0. The number of carbonyl (C=O) groups is 2. The molecule has 1 N–H and O–H groups in total. The van der Waals surface area contributed by atoms with Gasteiger partial charge in [0.2, 0.25) is 11.8 Å². The summed E-state index contributed by atoms with van der Waals surface area (Å²) in [6.07, 6.45) is 1.02. The number of sulfonamides is 1. The van der Waals surface area contributed by atoms with E-state index in [9.17, 15) is 18.0 Å². The number of methoxy groups -OCH3 is 3.